The van der Waals surface area contributed by atoms with Crippen molar-refractivity contribution in [2.75, 3.05) is 13.2 Å². The zero-order valence-corrected chi connectivity index (χ0v) is 17.2. The van der Waals surface area contributed by atoms with Crippen molar-refractivity contribution in [3.63, 3.8) is 0 Å². The van der Waals surface area contributed by atoms with E-state index in [1.165, 1.54) is 12.2 Å². The minimum atomic E-state index is -0.349. The molecule has 0 aliphatic rings. The standard InChI is InChI=1S/C24H26O5/c1-5-27-23(25)15-17(3)19-7-11-21(12-8-19)29-22-13-9-20(10-14-22)18(4)16-24(26)28-6-2/h7-16H,5-6H2,1-4H3/b17-15+,18-16+. The summed E-state index contributed by atoms with van der Waals surface area (Å²) in [7, 11) is 0. The molecule has 2 aromatic rings. The Hall–Kier alpha value is -3.34. The Labute approximate surface area is 171 Å². The molecule has 0 spiro atoms. The molecule has 0 radical (unpaired) electrons. The van der Waals surface area contributed by atoms with Crippen molar-refractivity contribution < 1.29 is 23.8 Å². The van der Waals surface area contributed by atoms with Crippen LogP contribution in [0, 0.1) is 0 Å². The van der Waals surface area contributed by atoms with Crippen LogP contribution in [0.1, 0.15) is 38.8 Å². The largest absolute Gasteiger partial charge is 0.463 e. The number of benzene rings is 2. The maximum Gasteiger partial charge on any atom is 0.331 e. The second-order valence-corrected chi connectivity index (χ2v) is 6.31. The van der Waals surface area contributed by atoms with Gasteiger partial charge in [-0.25, -0.2) is 9.59 Å². The molecule has 0 atom stereocenters. The van der Waals surface area contributed by atoms with Crippen molar-refractivity contribution in [2.24, 2.45) is 0 Å². The van der Waals surface area contributed by atoms with Gasteiger partial charge in [0, 0.05) is 12.2 Å². The first kappa shape index (κ1) is 22.0. The van der Waals surface area contributed by atoms with Crippen LogP contribution in [-0.2, 0) is 19.1 Å². The molecule has 5 nitrogen and oxygen atoms in total. The summed E-state index contributed by atoms with van der Waals surface area (Å²) >= 11 is 0. The monoisotopic (exact) mass is 394 g/mol. The molecule has 2 rings (SSSR count). The molecule has 0 N–H and O–H groups in total. The Morgan fingerprint density at radius 3 is 1.34 bits per heavy atom. The SMILES string of the molecule is CCOC(=O)/C=C(\C)c1ccc(Oc2ccc(/C(C)=C/C(=O)OCC)cc2)cc1. The zero-order chi connectivity index (χ0) is 21.2. The van der Waals surface area contributed by atoms with Gasteiger partial charge in [-0.15, -0.1) is 0 Å². The molecule has 0 aliphatic carbocycles. The van der Waals surface area contributed by atoms with E-state index in [0.29, 0.717) is 24.7 Å². The number of esters is 2. The molecule has 0 bridgehead atoms. The van der Waals surface area contributed by atoms with Gasteiger partial charge in [-0.2, -0.15) is 0 Å². The smallest absolute Gasteiger partial charge is 0.331 e. The van der Waals surface area contributed by atoms with Gasteiger partial charge in [0.05, 0.1) is 13.2 Å². The highest BCUT2D eigenvalue weighted by Crippen LogP contribution is 2.25. The van der Waals surface area contributed by atoms with Crippen molar-refractivity contribution >= 4 is 23.1 Å². The highest BCUT2D eigenvalue weighted by molar-refractivity contribution is 5.91. The minimum Gasteiger partial charge on any atom is -0.463 e. The van der Waals surface area contributed by atoms with E-state index < -0.39 is 0 Å². The van der Waals surface area contributed by atoms with Crippen LogP contribution in [0.25, 0.3) is 11.1 Å². The lowest BCUT2D eigenvalue weighted by atomic mass is 10.1. The molecule has 2 aromatic carbocycles. The fourth-order valence-corrected chi connectivity index (χ4v) is 2.60. The fourth-order valence-electron chi connectivity index (χ4n) is 2.60. The van der Waals surface area contributed by atoms with E-state index in [9.17, 15) is 9.59 Å². The summed E-state index contributed by atoms with van der Waals surface area (Å²) in [6.07, 6.45) is 2.95. The molecule has 0 aliphatic heterocycles. The van der Waals surface area contributed by atoms with Gasteiger partial charge >= 0.3 is 11.9 Å². The summed E-state index contributed by atoms with van der Waals surface area (Å²) < 4.78 is 15.7. The molecule has 0 saturated heterocycles. The molecule has 0 fully saturated rings. The number of hydrogen-bond donors (Lipinski definition) is 0. The van der Waals surface area contributed by atoms with Gasteiger partial charge in [-0.3, -0.25) is 0 Å². The normalized spacial score (nSPS) is 11.7. The van der Waals surface area contributed by atoms with E-state index in [-0.39, 0.29) is 11.9 Å². The van der Waals surface area contributed by atoms with Crippen molar-refractivity contribution in [2.45, 2.75) is 27.7 Å². The third-order valence-electron chi connectivity index (χ3n) is 4.10. The molecule has 0 amide bonds. The van der Waals surface area contributed by atoms with Crippen molar-refractivity contribution in [1.29, 1.82) is 0 Å². The summed E-state index contributed by atoms with van der Waals surface area (Å²) in [5.74, 6) is 0.670. The molecule has 0 aromatic heterocycles. The van der Waals surface area contributed by atoms with Crippen LogP contribution in [0.2, 0.25) is 0 Å². The molecule has 152 valence electrons. The maximum absolute atomic E-state index is 11.5. The summed E-state index contributed by atoms with van der Waals surface area (Å²) in [6.45, 7) is 7.98. The second-order valence-electron chi connectivity index (χ2n) is 6.31. The summed E-state index contributed by atoms with van der Waals surface area (Å²) in [6, 6.07) is 14.9. The van der Waals surface area contributed by atoms with E-state index in [4.69, 9.17) is 14.2 Å². The van der Waals surface area contributed by atoms with Crippen LogP contribution in [0.15, 0.2) is 60.7 Å². The lowest BCUT2D eigenvalue weighted by Crippen LogP contribution is -2.00. The summed E-state index contributed by atoms with van der Waals surface area (Å²) in [4.78, 5) is 23.1. The molecule has 0 unspecified atom stereocenters. The van der Waals surface area contributed by atoms with Crippen LogP contribution >= 0.6 is 0 Å². The van der Waals surface area contributed by atoms with Gasteiger partial charge < -0.3 is 14.2 Å². The maximum atomic E-state index is 11.5. The lowest BCUT2D eigenvalue weighted by Gasteiger charge is -2.09. The predicted molar refractivity (Wildman–Crippen MR) is 114 cm³/mol. The van der Waals surface area contributed by atoms with E-state index in [1.807, 2.05) is 62.4 Å². The van der Waals surface area contributed by atoms with Gasteiger partial charge in [0.25, 0.3) is 0 Å². The van der Waals surface area contributed by atoms with Crippen LogP contribution < -0.4 is 4.74 Å². The molecular weight excluding hydrogens is 368 g/mol. The topological polar surface area (TPSA) is 61.8 Å². The Kier molecular flexibility index (Phi) is 8.22. The number of hydrogen-bond acceptors (Lipinski definition) is 5. The van der Waals surface area contributed by atoms with Crippen molar-refractivity contribution in [3.8, 4) is 11.5 Å². The predicted octanol–water partition coefficient (Wildman–Crippen LogP) is 5.41. The molecule has 29 heavy (non-hydrogen) atoms. The molecule has 5 heteroatoms. The first-order valence-electron chi connectivity index (χ1n) is 9.51. The van der Waals surface area contributed by atoms with Gasteiger partial charge in [0.2, 0.25) is 0 Å². The first-order valence-corrected chi connectivity index (χ1v) is 9.51. The Bertz CT molecular complexity index is 814. The Balaban J connectivity index is 2.03. The number of allylic oxidation sites excluding steroid dienone is 2. The third-order valence-corrected chi connectivity index (χ3v) is 4.10. The van der Waals surface area contributed by atoms with Gasteiger partial charge in [-0.05, 0) is 74.2 Å². The van der Waals surface area contributed by atoms with E-state index in [0.717, 1.165) is 22.3 Å². The van der Waals surface area contributed by atoms with E-state index >= 15 is 0 Å². The highest BCUT2D eigenvalue weighted by atomic mass is 16.5. The van der Waals surface area contributed by atoms with E-state index in [1.54, 1.807) is 13.8 Å². The Morgan fingerprint density at radius 2 is 1.03 bits per heavy atom. The summed E-state index contributed by atoms with van der Waals surface area (Å²) in [5, 5.41) is 0. The average molecular weight is 394 g/mol. The van der Waals surface area contributed by atoms with Gasteiger partial charge in [0.15, 0.2) is 0 Å². The van der Waals surface area contributed by atoms with Gasteiger partial charge in [0.1, 0.15) is 11.5 Å². The fraction of sp³-hybridized carbons (Fsp3) is 0.250. The lowest BCUT2D eigenvalue weighted by molar-refractivity contribution is -0.138. The van der Waals surface area contributed by atoms with Crippen LogP contribution in [0.5, 0.6) is 11.5 Å². The van der Waals surface area contributed by atoms with Crippen LogP contribution in [-0.4, -0.2) is 25.2 Å². The molecular formula is C24H26O5. The van der Waals surface area contributed by atoms with Crippen LogP contribution in [0.4, 0.5) is 0 Å². The summed E-state index contributed by atoms with van der Waals surface area (Å²) in [5.41, 5.74) is 3.48. The second kappa shape index (κ2) is 10.9. The first-order chi connectivity index (χ1) is 13.9. The highest BCUT2D eigenvalue weighted by Gasteiger charge is 2.04. The molecule has 0 heterocycles. The van der Waals surface area contributed by atoms with Crippen molar-refractivity contribution in [3.05, 3.63) is 71.8 Å². The average Bonchev–Trinajstić information content (AvgIpc) is 2.69. The van der Waals surface area contributed by atoms with E-state index in [2.05, 4.69) is 0 Å². The van der Waals surface area contributed by atoms with Crippen LogP contribution in [0.3, 0.4) is 0 Å². The zero-order valence-electron chi connectivity index (χ0n) is 17.2. The minimum absolute atomic E-state index is 0.349. The van der Waals surface area contributed by atoms with Crippen molar-refractivity contribution in [1.82, 2.24) is 0 Å². The number of rotatable bonds is 8. The number of carbonyl (C=O) groups excluding carboxylic acids is 2. The number of ether oxygens (including phenoxy) is 3. The Morgan fingerprint density at radius 1 is 0.690 bits per heavy atom. The third kappa shape index (κ3) is 6.96. The molecule has 0 saturated carbocycles. The number of carbonyl (C=O) groups is 2. The quantitative estimate of drug-likeness (QED) is 0.442. The van der Waals surface area contributed by atoms with Gasteiger partial charge in [-0.1, -0.05) is 24.3 Å².